The van der Waals surface area contributed by atoms with Crippen molar-refractivity contribution < 1.29 is 18.7 Å². The van der Waals surface area contributed by atoms with E-state index in [-0.39, 0.29) is 12.2 Å². The Morgan fingerprint density at radius 2 is 1.85 bits per heavy atom. The summed E-state index contributed by atoms with van der Waals surface area (Å²) < 4.78 is 28.1. The minimum atomic E-state index is -1.50. The fraction of sp³-hybridized carbons (Fsp3) is 0.0714. The summed E-state index contributed by atoms with van der Waals surface area (Å²) in [5.41, 5.74) is 0.104. The van der Waals surface area contributed by atoms with Crippen molar-refractivity contribution in [2.24, 2.45) is 0 Å². The summed E-state index contributed by atoms with van der Waals surface area (Å²) in [5, 5.41) is 11.4. The topological polar surface area (TPSA) is 49.3 Å². The van der Waals surface area contributed by atoms with Crippen LogP contribution in [0, 0.1) is 11.6 Å². The van der Waals surface area contributed by atoms with Crippen LogP contribution in [0.3, 0.4) is 0 Å². The van der Waals surface area contributed by atoms with Gasteiger partial charge in [0, 0.05) is 11.0 Å². The Morgan fingerprint density at radius 1 is 1.15 bits per heavy atom. The third-order valence-electron chi connectivity index (χ3n) is 2.74. The SMILES string of the molecule is O=C(O)c1ccc(NCc2ccccc2Br)c(F)c1F. The van der Waals surface area contributed by atoms with Gasteiger partial charge >= 0.3 is 5.97 Å². The quantitative estimate of drug-likeness (QED) is 0.882. The van der Waals surface area contributed by atoms with E-state index in [1.165, 1.54) is 6.07 Å². The second-order valence-corrected chi connectivity index (χ2v) is 4.89. The molecular weight excluding hydrogens is 332 g/mol. The number of hydrogen-bond donors (Lipinski definition) is 2. The molecule has 104 valence electrons. The van der Waals surface area contributed by atoms with E-state index in [1.807, 2.05) is 24.3 Å². The van der Waals surface area contributed by atoms with Crippen molar-refractivity contribution in [1.29, 1.82) is 0 Å². The third kappa shape index (κ3) is 2.96. The molecule has 0 atom stereocenters. The second-order valence-electron chi connectivity index (χ2n) is 4.04. The molecule has 0 unspecified atom stereocenters. The van der Waals surface area contributed by atoms with Crippen molar-refractivity contribution in [3.05, 3.63) is 63.6 Å². The van der Waals surface area contributed by atoms with Crippen molar-refractivity contribution in [1.82, 2.24) is 0 Å². The first-order valence-electron chi connectivity index (χ1n) is 5.69. The molecule has 3 nitrogen and oxygen atoms in total. The molecule has 0 heterocycles. The zero-order valence-electron chi connectivity index (χ0n) is 10.2. The summed E-state index contributed by atoms with van der Waals surface area (Å²) in [6.07, 6.45) is 0. The van der Waals surface area contributed by atoms with E-state index in [0.717, 1.165) is 16.1 Å². The van der Waals surface area contributed by atoms with Crippen molar-refractivity contribution in [3.63, 3.8) is 0 Å². The van der Waals surface area contributed by atoms with Crippen LogP contribution in [0.2, 0.25) is 0 Å². The lowest BCUT2D eigenvalue weighted by atomic mass is 10.1. The first-order valence-corrected chi connectivity index (χ1v) is 6.48. The Balaban J connectivity index is 2.21. The zero-order chi connectivity index (χ0) is 14.7. The van der Waals surface area contributed by atoms with Crippen molar-refractivity contribution in [2.75, 3.05) is 5.32 Å². The summed E-state index contributed by atoms with van der Waals surface area (Å²) in [6.45, 7) is 0.282. The highest BCUT2D eigenvalue weighted by Gasteiger charge is 2.17. The maximum absolute atomic E-state index is 13.7. The maximum atomic E-state index is 13.7. The van der Waals surface area contributed by atoms with Crippen LogP contribution in [0.4, 0.5) is 14.5 Å². The average Bonchev–Trinajstić information content (AvgIpc) is 2.41. The van der Waals surface area contributed by atoms with Crippen molar-refractivity contribution in [3.8, 4) is 0 Å². The fourth-order valence-electron chi connectivity index (χ4n) is 1.68. The maximum Gasteiger partial charge on any atom is 0.338 e. The van der Waals surface area contributed by atoms with Gasteiger partial charge in [0.2, 0.25) is 0 Å². The predicted octanol–water partition coefficient (Wildman–Crippen LogP) is 4.04. The smallest absolute Gasteiger partial charge is 0.338 e. The second kappa shape index (κ2) is 6.00. The molecule has 0 spiro atoms. The summed E-state index contributed by atoms with van der Waals surface area (Å²) >= 11 is 3.35. The number of benzene rings is 2. The van der Waals surface area contributed by atoms with E-state index in [1.54, 1.807) is 0 Å². The molecule has 2 aromatic carbocycles. The highest BCUT2D eigenvalue weighted by Crippen LogP contribution is 2.23. The van der Waals surface area contributed by atoms with Gasteiger partial charge in [-0.3, -0.25) is 0 Å². The number of hydrogen-bond acceptors (Lipinski definition) is 2. The molecule has 2 aromatic rings. The van der Waals surface area contributed by atoms with Gasteiger partial charge in [-0.05, 0) is 23.8 Å². The zero-order valence-corrected chi connectivity index (χ0v) is 11.7. The number of rotatable bonds is 4. The van der Waals surface area contributed by atoms with Crippen molar-refractivity contribution >= 4 is 27.6 Å². The molecule has 0 amide bonds. The lowest BCUT2D eigenvalue weighted by molar-refractivity contribution is 0.0690. The van der Waals surface area contributed by atoms with Crippen molar-refractivity contribution in [2.45, 2.75) is 6.54 Å². The molecule has 0 aliphatic carbocycles. The summed E-state index contributed by atoms with van der Waals surface area (Å²) in [5.74, 6) is -4.06. The number of halogens is 3. The van der Waals surface area contributed by atoms with Crippen LogP contribution in [0.1, 0.15) is 15.9 Å². The minimum absolute atomic E-state index is 0.0803. The van der Waals surface area contributed by atoms with E-state index in [2.05, 4.69) is 21.2 Å². The van der Waals surface area contributed by atoms with Gasteiger partial charge in [0.05, 0.1) is 11.3 Å². The van der Waals surface area contributed by atoms with Crippen LogP contribution >= 0.6 is 15.9 Å². The van der Waals surface area contributed by atoms with Gasteiger partial charge in [-0.2, -0.15) is 0 Å². The predicted molar refractivity (Wildman–Crippen MR) is 74.8 cm³/mol. The molecule has 0 saturated heterocycles. The van der Waals surface area contributed by atoms with E-state index < -0.39 is 23.2 Å². The Bertz CT molecular complexity index is 662. The molecule has 0 aliphatic heterocycles. The number of nitrogens with one attached hydrogen (secondary N) is 1. The normalized spacial score (nSPS) is 10.3. The lowest BCUT2D eigenvalue weighted by Gasteiger charge is -2.10. The number of carboxylic acid groups (broad SMARTS) is 1. The Labute approximate surface area is 122 Å². The molecule has 6 heteroatoms. The van der Waals surface area contributed by atoms with Crippen LogP contribution in [-0.4, -0.2) is 11.1 Å². The average molecular weight is 342 g/mol. The summed E-state index contributed by atoms with van der Waals surface area (Å²) in [4.78, 5) is 10.7. The number of aromatic carboxylic acids is 1. The molecule has 20 heavy (non-hydrogen) atoms. The van der Waals surface area contributed by atoms with E-state index in [9.17, 15) is 13.6 Å². The molecule has 0 aliphatic rings. The largest absolute Gasteiger partial charge is 0.478 e. The van der Waals surface area contributed by atoms with Gasteiger partial charge in [0.25, 0.3) is 0 Å². The van der Waals surface area contributed by atoms with Crippen LogP contribution in [0.25, 0.3) is 0 Å². The molecule has 0 aromatic heterocycles. The fourth-order valence-corrected chi connectivity index (χ4v) is 2.11. The molecule has 0 bridgehead atoms. The van der Waals surface area contributed by atoms with Gasteiger partial charge < -0.3 is 10.4 Å². The highest BCUT2D eigenvalue weighted by atomic mass is 79.9. The molecule has 2 rings (SSSR count). The molecule has 0 fully saturated rings. The van der Waals surface area contributed by atoms with E-state index >= 15 is 0 Å². The molecule has 0 radical (unpaired) electrons. The van der Waals surface area contributed by atoms with E-state index in [0.29, 0.717) is 0 Å². The highest BCUT2D eigenvalue weighted by molar-refractivity contribution is 9.10. The van der Waals surface area contributed by atoms with Gasteiger partial charge in [0.1, 0.15) is 0 Å². The van der Waals surface area contributed by atoms with Crippen LogP contribution in [0.15, 0.2) is 40.9 Å². The molecule has 0 saturated carbocycles. The van der Waals surface area contributed by atoms with Gasteiger partial charge in [0.15, 0.2) is 11.6 Å². The standard InChI is InChI=1S/C14H10BrF2NO2/c15-10-4-2-1-3-8(10)7-18-11-6-5-9(14(19)20)12(16)13(11)17/h1-6,18H,7H2,(H,19,20). The summed E-state index contributed by atoms with van der Waals surface area (Å²) in [7, 11) is 0. The Morgan fingerprint density at radius 3 is 2.50 bits per heavy atom. The molecular formula is C14H10BrF2NO2. The van der Waals surface area contributed by atoms with Crippen LogP contribution < -0.4 is 5.32 Å². The first kappa shape index (κ1) is 14.5. The number of anilines is 1. The Kier molecular flexibility index (Phi) is 4.34. The monoisotopic (exact) mass is 341 g/mol. The van der Waals surface area contributed by atoms with Crippen LogP contribution in [-0.2, 0) is 6.54 Å². The third-order valence-corrected chi connectivity index (χ3v) is 3.51. The number of carbonyl (C=O) groups is 1. The van der Waals surface area contributed by atoms with Crippen LogP contribution in [0.5, 0.6) is 0 Å². The summed E-state index contributed by atoms with van der Waals surface area (Å²) in [6, 6.07) is 9.57. The molecule has 2 N–H and O–H groups in total. The Hall–Kier alpha value is -1.95. The van der Waals surface area contributed by atoms with Gasteiger partial charge in [-0.1, -0.05) is 34.1 Å². The van der Waals surface area contributed by atoms with Gasteiger partial charge in [-0.25, -0.2) is 13.6 Å². The lowest BCUT2D eigenvalue weighted by Crippen LogP contribution is -2.07. The van der Waals surface area contributed by atoms with Gasteiger partial charge in [-0.15, -0.1) is 0 Å². The minimum Gasteiger partial charge on any atom is -0.478 e. The van der Waals surface area contributed by atoms with E-state index in [4.69, 9.17) is 5.11 Å². The number of carboxylic acids is 1. The first-order chi connectivity index (χ1) is 9.50.